The molecule has 0 radical (unpaired) electrons. The zero-order valence-electron chi connectivity index (χ0n) is 10.6. The Morgan fingerprint density at radius 3 is 2.55 bits per heavy atom. The summed E-state index contributed by atoms with van der Waals surface area (Å²) in [5.74, 6) is -2.16. The summed E-state index contributed by atoms with van der Waals surface area (Å²) in [5.41, 5.74) is 0.772. The van der Waals surface area contributed by atoms with Crippen LogP contribution in [0.1, 0.15) is 26.5 Å². The fourth-order valence-electron chi connectivity index (χ4n) is 1.63. The first-order valence-corrected chi connectivity index (χ1v) is 5.75. The summed E-state index contributed by atoms with van der Waals surface area (Å²) in [6.07, 6.45) is 0. The molecule has 0 spiro atoms. The summed E-state index contributed by atoms with van der Waals surface area (Å²) in [7, 11) is 0. The van der Waals surface area contributed by atoms with Gasteiger partial charge in [0.05, 0.1) is 0 Å². The lowest BCUT2D eigenvalue weighted by Gasteiger charge is -2.08. The van der Waals surface area contributed by atoms with Crippen LogP contribution in [0.3, 0.4) is 0 Å². The van der Waals surface area contributed by atoms with Gasteiger partial charge in [-0.25, -0.2) is 14.2 Å². The molecule has 0 aliphatic rings. The Bertz CT molecular complexity index is 686. The van der Waals surface area contributed by atoms with E-state index in [9.17, 15) is 14.0 Å². The SMILES string of the molecule is Cc1cc(F)ccc1NC(=O)c1cccc(C(=O)O)n1. The molecule has 0 atom stereocenters. The molecule has 0 bridgehead atoms. The van der Waals surface area contributed by atoms with Gasteiger partial charge >= 0.3 is 5.97 Å². The number of halogens is 1. The van der Waals surface area contributed by atoms with E-state index in [0.717, 1.165) is 0 Å². The lowest BCUT2D eigenvalue weighted by molar-refractivity contribution is 0.0690. The standard InChI is InChI=1S/C14H11FN2O3/c1-8-7-9(15)5-6-10(8)17-13(18)11-3-2-4-12(16-11)14(19)20/h2-7H,1H3,(H,17,18)(H,19,20). The number of hydrogen-bond acceptors (Lipinski definition) is 3. The fraction of sp³-hybridized carbons (Fsp3) is 0.0714. The number of aromatic nitrogens is 1. The molecular weight excluding hydrogens is 263 g/mol. The minimum atomic E-state index is -1.21. The molecule has 2 N–H and O–H groups in total. The summed E-state index contributed by atoms with van der Waals surface area (Å²) < 4.78 is 13.0. The number of pyridine rings is 1. The molecule has 2 aromatic rings. The van der Waals surface area contributed by atoms with Crippen LogP contribution >= 0.6 is 0 Å². The molecule has 1 amide bonds. The highest BCUT2D eigenvalue weighted by molar-refractivity contribution is 6.03. The van der Waals surface area contributed by atoms with E-state index in [4.69, 9.17) is 5.11 Å². The maximum atomic E-state index is 13.0. The Balaban J connectivity index is 2.24. The van der Waals surface area contributed by atoms with Gasteiger partial charge in [-0.2, -0.15) is 0 Å². The normalized spacial score (nSPS) is 10.1. The van der Waals surface area contributed by atoms with Gasteiger partial charge in [0.2, 0.25) is 0 Å². The minimum absolute atomic E-state index is 0.0198. The van der Waals surface area contributed by atoms with Gasteiger partial charge < -0.3 is 10.4 Å². The number of carboxylic acids is 1. The zero-order chi connectivity index (χ0) is 14.7. The van der Waals surface area contributed by atoms with Crippen LogP contribution in [0.5, 0.6) is 0 Å². The van der Waals surface area contributed by atoms with Crippen molar-refractivity contribution in [1.82, 2.24) is 4.98 Å². The first-order chi connectivity index (χ1) is 9.47. The predicted molar refractivity (Wildman–Crippen MR) is 70.3 cm³/mol. The Labute approximate surface area is 114 Å². The van der Waals surface area contributed by atoms with E-state index in [1.54, 1.807) is 6.92 Å². The first kappa shape index (κ1) is 13.7. The second-order valence-electron chi connectivity index (χ2n) is 4.13. The molecule has 0 aliphatic heterocycles. The molecule has 1 heterocycles. The van der Waals surface area contributed by atoms with Crippen LogP contribution in [0, 0.1) is 12.7 Å². The average Bonchev–Trinajstić information content (AvgIpc) is 2.42. The van der Waals surface area contributed by atoms with E-state index in [1.807, 2.05) is 0 Å². The van der Waals surface area contributed by atoms with Crippen LogP contribution in [0.4, 0.5) is 10.1 Å². The van der Waals surface area contributed by atoms with Crippen molar-refractivity contribution in [2.24, 2.45) is 0 Å². The summed E-state index contributed by atoms with van der Waals surface area (Å²) in [6, 6.07) is 8.08. The number of carbonyl (C=O) groups excluding carboxylic acids is 1. The van der Waals surface area contributed by atoms with E-state index >= 15 is 0 Å². The summed E-state index contributed by atoms with van der Waals surface area (Å²) in [5, 5.41) is 11.4. The number of carboxylic acid groups (broad SMARTS) is 1. The summed E-state index contributed by atoms with van der Waals surface area (Å²) in [6.45, 7) is 1.65. The van der Waals surface area contributed by atoms with Crippen molar-refractivity contribution in [3.05, 3.63) is 59.2 Å². The van der Waals surface area contributed by atoms with E-state index in [1.165, 1.54) is 36.4 Å². The molecule has 0 aliphatic carbocycles. The van der Waals surface area contributed by atoms with Crippen LogP contribution in [0.15, 0.2) is 36.4 Å². The van der Waals surface area contributed by atoms with Crippen LogP contribution in [0.25, 0.3) is 0 Å². The largest absolute Gasteiger partial charge is 0.477 e. The highest BCUT2D eigenvalue weighted by Gasteiger charge is 2.12. The summed E-state index contributed by atoms with van der Waals surface area (Å²) in [4.78, 5) is 26.5. The third-order valence-corrected chi connectivity index (χ3v) is 2.64. The van der Waals surface area contributed by atoms with Crippen molar-refractivity contribution in [2.75, 3.05) is 5.32 Å². The Kier molecular flexibility index (Phi) is 3.74. The van der Waals surface area contributed by atoms with Crippen LogP contribution in [0.2, 0.25) is 0 Å². The highest BCUT2D eigenvalue weighted by Crippen LogP contribution is 2.16. The Morgan fingerprint density at radius 2 is 1.90 bits per heavy atom. The molecule has 20 heavy (non-hydrogen) atoms. The zero-order valence-corrected chi connectivity index (χ0v) is 10.6. The van der Waals surface area contributed by atoms with Gasteiger partial charge in [0.1, 0.15) is 17.2 Å². The molecule has 5 nitrogen and oxygen atoms in total. The Hall–Kier alpha value is -2.76. The number of nitrogens with zero attached hydrogens (tertiary/aromatic N) is 1. The number of amides is 1. The topological polar surface area (TPSA) is 79.3 Å². The lowest BCUT2D eigenvalue weighted by atomic mass is 10.2. The number of aryl methyl sites for hydroxylation is 1. The van der Waals surface area contributed by atoms with Crippen LogP contribution in [-0.2, 0) is 0 Å². The fourth-order valence-corrected chi connectivity index (χ4v) is 1.63. The van der Waals surface area contributed by atoms with Gasteiger partial charge in [-0.05, 0) is 42.8 Å². The lowest BCUT2D eigenvalue weighted by Crippen LogP contribution is -2.16. The number of aromatic carboxylic acids is 1. The number of nitrogens with one attached hydrogen (secondary N) is 1. The van der Waals surface area contributed by atoms with Crippen LogP contribution in [-0.4, -0.2) is 22.0 Å². The van der Waals surface area contributed by atoms with Crippen LogP contribution < -0.4 is 5.32 Å². The number of benzene rings is 1. The van der Waals surface area contributed by atoms with E-state index < -0.39 is 17.7 Å². The average molecular weight is 274 g/mol. The molecule has 6 heteroatoms. The molecule has 1 aromatic heterocycles. The maximum absolute atomic E-state index is 13.0. The number of hydrogen-bond donors (Lipinski definition) is 2. The number of anilines is 1. The van der Waals surface area contributed by atoms with E-state index in [0.29, 0.717) is 11.3 Å². The Morgan fingerprint density at radius 1 is 1.20 bits per heavy atom. The predicted octanol–water partition coefficient (Wildman–Crippen LogP) is 2.48. The number of carbonyl (C=O) groups is 2. The van der Waals surface area contributed by atoms with Crippen molar-refractivity contribution < 1.29 is 19.1 Å². The highest BCUT2D eigenvalue weighted by atomic mass is 19.1. The van der Waals surface area contributed by atoms with Crippen molar-refractivity contribution in [3.8, 4) is 0 Å². The number of rotatable bonds is 3. The quantitative estimate of drug-likeness (QED) is 0.901. The molecule has 0 saturated carbocycles. The van der Waals surface area contributed by atoms with Gasteiger partial charge in [-0.15, -0.1) is 0 Å². The van der Waals surface area contributed by atoms with Crippen molar-refractivity contribution in [3.63, 3.8) is 0 Å². The van der Waals surface area contributed by atoms with Gasteiger partial charge in [0.25, 0.3) is 5.91 Å². The van der Waals surface area contributed by atoms with Crippen molar-refractivity contribution in [1.29, 1.82) is 0 Å². The molecule has 102 valence electrons. The van der Waals surface area contributed by atoms with Gasteiger partial charge in [-0.1, -0.05) is 6.07 Å². The smallest absolute Gasteiger partial charge is 0.354 e. The van der Waals surface area contributed by atoms with Gasteiger partial charge in [0, 0.05) is 5.69 Å². The molecule has 0 unspecified atom stereocenters. The van der Waals surface area contributed by atoms with Crippen molar-refractivity contribution >= 4 is 17.6 Å². The third kappa shape index (κ3) is 2.97. The second kappa shape index (κ2) is 5.48. The molecule has 0 saturated heterocycles. The molecule has 1 aromatic carbocycles. The van der Waals surface area contributed by atoms with Crippen molar-refractivity contribution in [2.45, 2.75) is 6.92 Å². The molecular formula is C14H11FN2O3. The monoisotopic (exact) mass is 274 g/mol. The second-order valence-corrected chi connectivity index (χ2v) is 4.13. The van der Waals surface area contributed by atoms with Gasteiger partial charge in [0.15, 0.2) is 0 Å². The van der Waals surface area contributed by atoms with E-state index in [-0.39, 0.29) is 11.4 Å². The first-order valence-electron chi connectivity index (χ1n) is 5.75. The minimum Gasteiger partial charge on any atom is -0.477 e. The summed E-state index contributed by atoms with van der Waals surface area (Å²) >= 11 is 0. The maximum Gasteiger partial charge on any atom is 0.354 e. The molecule has 0 fully saturated rings. The third-order valence-electron chi connectivity index (χ3n) is 2.64. The van der Waals surface area contributed by atoms with Gasteiger partial charge in [-0.3, -0.25) is 4.79 Å². The molecule has 2 rings (SSSR count). The van der Waals surface area contributed by atoms with E-state index in [2.05, 4.69) is 10.3 Å².